The topological polar surface area (TPSA) is 323 Å². The van der Waals surface area contributed by atoms with Crippen molar-refractivity contribution < 1.29 is 89.3 Å². The molecule has 16 atom stereocenters. The first-order valence-corrected chi connectivity index (χ1v) is 45.8. The molecule has 0 aromatic carbocycles. The van der Waals surface area contributed by atoms with Crippen LogP contribution in [0.25, 0.3) is 0 Å². The molecule has 18 nitrogen and oxygen atoms in total. The number of hydrogen-bond donors (Lipinski definition) is 10. The molecule has 0 saturated heterocycles. The SMILES string of the molecule is C=C(CCCCCCC)CC[C@@H]1[C@@H](C/C=C\CCCC(=O)O)[C@@H](O)C[C@H]1O.C=C(CCCCCCC)CC[C@@H]1[C@@H](C/C=C\CCCC(=O)OC(C)C)[C@@H](O)C[C@H]1O.CCCCCCCC(=O)CC[C@@H]1[C@@H](C/C=C\CCCC(=O)O)[C@@H](O)C[C@H]1O.CCCCCCCC(=O)CC[C@@H]1[C@@H](C/C=C\CCCC(=O)OC(C)C)[C@@H](O)C[C@H]1O. The van der Waals surface area contributed by atoms with Crippen LogP contribution >= 0.6 is 0 Å². The Hall–Kier alpha value is -4.66. The highest BCUT2D eigenvalue weighted by molar-refractivity contribution is 5.78. The molecule has 660 valence electrons. The number of allylic oxidation sites excluding steroid dienone is 10. The van der Waals surface area contributed by atoms with Gasteiger partial charge in [0, 0.05) is 51.4 Å². The Morgan fingerprint density at radius 2 is 0.518 bits per heavy atom. The monoisotopic (exact) mass is 1610 g/mol. The van der Waals surface area contributed by atoms with Gasteiger partial charge in [-0.2, -0.15) is 0 Å². The summed E-state index contributed by atoms with van der Waals surface area (Å²) >= 11 is 0. The van der Waals surface area contributed by atoms with E-state index in [1.807, 2.05) is 64.2 Å². The summed E-state index contributed by atoms with van der Waals surface area (Å²) in [6, 6.07) is 0. The number of carbonyl (C=O) groups is 6. The number of rotatable bonds is 62. The van der Waals surface area contributed by atoms with Gasteiger partial charge in [-0.25, -0.2) is 0 Å². The van der Waals surface area contributed by atoms with Crippen molar-refractivity contribution in [3.8, 4) is 0 Å². The van der Waals surface area contributed by atoms with E-state index in [0.717, 1.165) is 109 Å². The Bertz CT molecular complexity index is 2470. The van der Waals surface area contributed by atoms with Crippen molar-refractivity contribution in [1.82, 2.24) is 0 Å². The number of carboxylic acids is 2. The van der Waals surface area contributed by atoms with Crippen molar-refractivity contribution in [2.45, 2.75) is 450 Å². The lowest BCUT2D eigenvalue weighted by Gasteiger charge is -2.23. The predicted octanol–water partition coefficient (Wildman–Crippen LogP) is 20.7. The van der Waals surface area contributed by atoms with Gasteiger partial charge in [-0.3, -0.25) is 28.8 Å². The summed E-state index contributed by atoms with van der Waals surface area (Å²) in [7, 11) is 0. The molecular weight excluding hydrogens is 1440 g/mol. The van der Waals surface area contributed by atoms with Crippen molar-refractivity contribution in [2.75, 3.05) is 0 Å². The van der Waals surface area contributed by atoms with Crippen LogP contribution < -0.4 is 0 Å². The Morgan fingerprint density at radius 3 is 0.763 bits per heavy atom. The number of aliphatic carboxylic acids is 2. The maximum Gasteiger partial charge on any atom is 0.306 e. The highest BCUT2D eigenvalue weighted by atomic mass is 16.5. The first-order valence-electron chi connectivity index (χ1n) is 45.8. The van der Waals surface area contributed by atoms with E-state index in [-0.39, 0.29) is 95.9 Å². The van der Waals surface area contributed by atoms with E-state index in [0.29, 0.717) is 109 Å². The second-order valence-electron chi connectivity index (χ2n) is 34.4. The molecule has 10 N–H and O–H groups in total. The van der Waals surface area contributed by atoms with E-state index < -0.39 is 60.8 Å². The minimum atomic E-state index is -0.784. The maximum atomic E-state index is 12.2. The van der Waals surface area contributed by atoms with Gasteiger partial charge < -0.3 is 60.5 Å². The molecular formula is C96H168O18. The van der Waals surface area contributed by atoms with Gasteiger partial charge in [0.15, 0.2) is 0 Å². The molecule has 0 aromatic heterocycles. The molecule has 4 rings (SSSR count). The minimum Gasteiger partial charge on any atom is -0.481 e. The van der Waals surface area contributed by atoms with E-state index in [4.69, 9.17) is 19.7 Å². The van der Waals surface area contributed by atoms with Gasteiger partial charge >= 0.3 is 23.9 Å². The summed E-state index contributed by atoms with van der Waals surface area (Å²) in [5, 5.41) is 99.9. The van der Waals surface area contributed by atoms with Crippen molar-refractivity contribution >= 4 is 35.4 Å². The van der Waals surface area contributed by atoms with Gasteiger partial charge in [0.25, 0.3) is 0 Å². The first kappa shape index (κ1) is 107. The molecule has 4 fully saturated rings. The van der Waals surface area contributed by atoms with Crippen LogP contribution in [0.2, 0.25) is 0 Å². The first-order chi connectivity index (χ1) is 54.6. The van der Waals surface area contributed by atoms with Crippen LogP contribution in [0.4, 0.5) is 0 Å². The lowest BCUT2D eigenvalue weighted by Crippen LogP contribution is -2.22. The van der Waals surface area contributed by atoms with E-state index in [2.05, 4.69) is 53.0 Å². The molecule has 4 saturated carbocycles. The Balaban J connectivity index is 0.000000761. The molecule has 0 radical (unpaired) electrons. The molecule has 0 aliphatic heterocycles. The van der Waals surface area contributed by atoms with E-state index in [1.165, 1.54) is 114 Å². The van der Waals surface area contributed by atoms with Gasteiger partial charge in [-0.1, -0.05) is 203 Å². The summed E-state index contributed by atoms with van der Waals surface area (Å²) in [6.07, 6.45) is 57.5. The number of esters is 2. The highest BCUT2D eigenvalue weighted by Crippen LogP contribution is 2.43. The normalized spacial score (nSPS) is 24.6. The van der Waals surface area contributed by atoms with Crippen LogP contribution in [-0.4, -0.2) is 148 Å². The Labute approximate surface area is 691 Å². The molecule has 0 heterocycles. The standard InChI is InChI=1S/C26H46O4.C25H44O5.C23H40O4.C22H38O5/c1-5-6-7-8-11-14-21(4)17-18-23-22(24(27)19-25(23)28)15-12-9-10-13-16-26(29)30-20(2)3;1-4-5-6-7-10-13-20(26)16-17-22-21(23(27)18-24(22)28)14-11-8-9-12-15-25(29)30-19(2)3;1-3-4-5-6-9-12-18(2)15-16-20-19(21(24)17-22(20)25)13-10-7-8-11-14-23(26)27;1-2-3-4-5-8-11-17(23)14-15-19-18(20(24)16-21(19)25)12-9-6-7-10-13-22(26)27/h9,12,20,22-25,27-28H,4-8,10-11,13-19H2,1-3H3;8,11,19,21-24,27-28H,4-7,9-10,12-18H2,1-3H3;7,10,19-22,24-25H,2-6,8-9,11-17H2,1H3,(H,26,27);6,9,18-21,24-25H,2-5,7-8,10-16H2,1H3,(H,26,27)/b12-9-;11-8-;10-7-;9-6-/t22-,23-,24+,25-;21-,22-,23+,24-;19-,20-,21+,22-;18-,19-,20+,21-/m1111/s1. The third-order valence-corrected chi connectivity index (χ3v) is 23.7. The summed E-state index contributed by atoms with van der Waals surface area (Å²) in [5.74, 6) is -0.909. The van der Waals surface area contributed by atoms with Gasteiger partial charge in [-0.05, 0) is 255 Å². The van der Waals surface area contributed by atoms with Crippen molar-refractivity contribution in [1.29, 1.82) is 0 Å². The Morgan fingerprint density at radius 1 is 0.289 bits per heavy atom. The van der Waals surface area contributed by atoms with Gasteiger partial charge in [0.1, 0.15) is 11.6 Å². The predicted molar refractivity (Wildman–Crippen MR) is 461 cm³/mol. The van der Waals surface area contributed by atoms with E-state index >= 15 is 0 Å². The summed E-state index contributed by atoms with van der Waals surface area (Å²) in [4.78, 5) is 68.4. The number of Topliss-reactive ketones (excluding diaryl/α,β-unsaturated/α-hetero) is 2. The number of ether oxygens (including phenoxy) is 2. The zero-order chi connectivity index (χ0) is 84.9. The van der Waals surface area contributed by atoms with Crippen LogP contribution in [0, 0.1) is 47.3 Å². The fraction of sp³-hybridized carbons (Fsp3) is 0.812. The zero-order valence-electron chi connectivity index (χ0n) is 72.9. The minimum absolute atomic E-state index is 0.000453. The molecule has 0 spiro atoms. The second kappa shape index (κ2) is 68.1. The third kappa shape index (κ3) is 53.0. The van der Waals surface area contributed by atoms with Crippen molar-refractivity contribution in [3.63, 3.8) is 0 Å². The molecule has 18 heteroatoms. The van der Waals surface area contributed by atoms with Gasteiger partial charge in [0.05, 0.1) is 61.0 Å². The number of aliphatic hydroxyl groups excluding tert-OH is 8. The highest BCUT2D eigenvalue weighted by Gasteiger charge is 2.44. The number of unbranched alkanes of at least 4 members (excludes halogenated alkanes) is 20. The average Bonchev–Trinajstić information content (AvgIpc) is 1.72. The van der Waals surface area contributed by atoms with Crippen LogP contribution in [0.5, 0.6) is 0 Å². The largest absolute Gasteiger partial charge is 0.481 e. The van der Waals surface area contributed by atoms with E-state index in [1.54, 1.807) is 0 Å². The van der Waals surface area contributed by atoms with Gasteiger partial charge in [-0.15, -0.1) is 0 Å². The molecule has 4 aliphatic carbocycles. The Kier molecular flexibility index (Phi) is 64.2. The summed E-state index contributed by atoms with van der Waals surface area (Å²) in [5.41, 5.74) is 2.55. The second-order valence-corrected chi connectivity index (χ2v) is 34.4. The molecule has 4 aliphatic rings. The van der Waals surface area contributed by atoms with Crippen LogP contribution in [0.15, 0.2) is 72.9 Å². The van der Waals surface area contributed by atoms with Crippen LogP contribution in [-0.2, 0) is 38.2 Å². The third-order valence-electron chi connectivity index (χ3n) is 23.7. The lowest BCUT2D eigenvalue weighted by atomic mass is 9.85. The summed E-state index contributed by atoms with van der Waals surface area (Å²) in [6.45, 7) is 24.7. The number of hydrogen-bond acceptors (Lipinski definition) is 16. The quantitative estimate of drug-likeness (QED) is 0.0154. The average molecular weight is 1610 g/mol. The summed E-state index contributed by atoms with van der Waals surface area (Å²) < 4.78 is 10.2. The fourth-order valence-electron chi connectivity index (χ4n) is 16.9. The number of carboxylic acid groups (broad SMARTS) is 2. The molecule has 0 amide bonds. The fourth-order valence-corrected chi connectivity index (χ4v) is 16.9. The molecule has 0 bridgehead atoms. The smallest absolute Gasteiger partial charge is 0.306 e. The van der Waals surface area contributed by atoms with Crippen molar-refractivity contribution in [3.05, 3.63) is 72.9 Å². The van der Waals surface area contributed by atoms with Crippen LogP contribution in [0.1, 0.15) is 389 Å². The van der Waals surface area contributed by atoms with Crippen LogP contribution in [0.3, 0.4) is 0 Å². The van der Waals surface area contributed by atoms with E-state index in [9.17, 15) is 69.6 Å². The van der Waals surface area contributed by atoms with Crippen molar-refractivity contribution in [2.24, 2.45) is 47.3 Å². The molecule has 114 heavy (non-hydrogen) atoms. The molecule has 0 aromatic rings. The van der Waals surface area contributed by atoms with Gasteiger partial charge in [0.2, 0.25) is 0 Å². The molecule has 0 unspecified atom stereocenters. The lowest BCUT2D eigenvalue weighted by molar-refractivity contribution is -0.148. The number of aliphatic hydroxyl groups is 8. The number of ketones is 2. The number of carbonyl (C=O) groups excluding carboxylic acids is 4. The maximum absolute atomic E-state index is 12.2. The zero-order valence-corrected chi connectivity index (χ0v) is 72.9.